The Kier molecular flexibility index (Phi) is 18.0. The molecule has 0 saturated heterocycles. The van der Waals surface area contributed by atoms with Crippen LogP contribution >= 0.6 is 0 Å². The van der Waals surface area contributed by atoms with E-state index >= 15 is 0 Å². The molecule has 0 spiro atoms. The molecule has 8 rings (SSSR count). The molecule has 0 aliphatic heterocycles. The zero-order chi connectivity index (χ0) is 39.1. The lowest BCUT2D eigenvalue weighted by Crippen LogP contribution is -1.85. The third-order valence-corrected chi connectivity index (χ3v) is 9.17. The Hall–Kier alpha value is -5.92. The molecule has 0 saturated carbocycles. The molecule has 8 aromatic rings. The molecule has 8 aromatic carbocycles. The van der Waals surface area contributed by atoms with Gasteiger partial charge in [-0.1, -0.05) is 209 Å². The molecule has 0 atom stereocenters. The predicted molar refractivity (Wildman–Crippen MR) is 241 cm³/mol. The first-order valence-electron chi connectivity index (χ1n) is 19.7. The highest BCUT2D eigenvalue weighted by molar-refractivity contribution is 5.86. The Morgan fingerprint density at radius 2 is 0.564 bits per heavy atom. The van der Waals surface area contributed by atoms with Crippen LogP contribution in [0.2, 0.25) is 0 Å². The lowest BCUT2D eigenvalue weighted by molar-refractivity contribution is 0.484. The fourth-order valence-corrected chi connectivity index (χ4v) is 5.81. The number of benzene rings is 8. The van der Waals surface area contributed by atoms with Gasteiger partial charge in [0.15, 0.2) is 0 Å². The van der Waals surface area contributed by atoms with Gasteiger partial charge in [0.05, 0.1) is 0 Å². The molecular weight excluding hydrogens is 665 g/mol. The predicted octanol–water partition coefficient (Wildman–Crippen LogP) is 15.4. The molecule has 0 unspecified atom stereocenters. The summed E-state index contributed by atoms with van der Waals surface area (Å²) >= 11 is 0. The average molecular weight is 723 g/mol. The normalized spacial score (nSPS) is 9.93. The van der Waals surface area contributed by atoms with Crippen molar-refractivity contribution in [3.05, 3.63) is 228 Å². The van der Waals surface area contributed by atoms with Crippen molar-refractivity contribution in [3.63, 3.8) is 0 Å². The lowest BCUT2D eigenvalue weighted by atomic mass is 10.1. The summed E-state index contributed by atoms with van der Waals surface area (Å²) < 4.78 is 6.07. The number of fused-ring (bicyclic) bond motifs is 2. The highest BCUT2D eigenvalue weighted by Gasteiger charge is 2.02. The van der Waals surface area contributed by atoms with E-state index in [1.165, 1.54) is 54.9 Å². The first-order valence-corrected chi connectivity index (χ1v) is 19.7. The van der Waals surface area contributed by atoms with Crippen LogP contribution in [0.5, 0.6) is 11.5 Å². The van der Waals surface area contributed by atoms with Gasteiger partial charge in [-0.15, -0.1) is 0 Å². The van der Waals surface area contributed by atoms with Crippen LogP contribution in [-0.2, 0) is 25.7 Å². The van der Waals surface area contributed by atoms with Crippen molar-refractivity contribution in [1.29, 1.82) is 0 Å². The summed E-state index contributed by atoms with van der Waals surface area (Å²) in [6, 6.07) is 67.2. The number of aryl methyl sites for hydroxylation is 6. The van der Waals surface area contributed by atoms with Crippen LogP contribution < -0.4 is 4.74 Å². The van der Waals surface area contributed by atoms with Crippen LogP contribution in [-0.4, -0.2) is 0 Å². The fourth-order valence-electron chi connectivity index (χ4n) is 5.81. The minimum absolute atomic E-state index is 0.870. The summed E-state index contributed by atoms with van der Waals surface area (Å²) in [5, 5.41) is 4.88. The van der Waals surface area contributed by atoms with E-state index in [1.54, 1.807) is 0 Å². The van der Waals surface area contributed by atoms with Crippen LogP contribution in [0, 0.1) is 13.8 Å². The average Bonchev–Trinajstić information content (AvgIpc) is 3.25. The molecule has 0 N–H and O–H groups in total. The van der Waals surface area contributed by atoms with E-state index in [1.807, 2.05) is 36.4 Å². The van der Waals surface area contributed by atoms with Gasteiger partial charge in [-0.2, -0.15) is 0 Å². The summed E-state index contributed by atoms with van der Waals surface area (Å²) in [5.41, 5.74) is 8.16. The van der Waals surface area contributed by atoms with Crippen molar-refractivity contribution in [2.24, 2.45) is 0 Å². The number of hydrogen-bond donors (Lipinski definition) is 0. The number of hydrogen-bond acceptors (Lipinski definition) is 1. The van der Waals surface area contributed by atoms with Crippen molar-refractivity contribution in [3.8, 4) is 11.5 Å². The van der Waals surface area contributed by atoms with Gasteiger partial charge in [0.25, 0.3) is 0 Å². The van der Waals surface area contributed by atoms with Crippen LogP contribution in [0.25, 0.3) is 21.5 Å². The van der Waals surface area contributed by atoms with Gasteiger partial charge in [0.2, 0.25) is 0 Å². The quantitative estimate of drug-likeness (QED) is 0.166. The van der Waals surface area contributed by atoms with Gasteiger partial charge in [-0.25, -0.2) is 0 Å². The van der Waals surface area contributed by atoms with Crippen LogP contribution in [0.1, 0.15) is 61.1 Å². The van der Waals surface area contributed by atoms with Crippen molar-refractivity contribution in [2.45, 2.75) is 67.2 Å². The van der Waals surface area contributed by atoms with Crippen LogP contribution in [0.4, 0.5) is 0 Å². The first kappa shape index (κ1) is 41.8. The van der Waals surface area contributed by atoms with E-state index in [9.17, 15) is 0 Å². The van der Waals surface area contributed by atoms with Crippen molar-refractivity contribution in [1.82, 2.24) is 0 Å². The van der Waals surface area contributed by atoms with Gasteiger partial charge < -0.3 is 4.74 Å². The second-order valence-electron chi connectivity index (χ2n) is 13.5. The number of rotatable bonds is 6. The van der Waals surface area contributed by atoms with Gasteiger partial charge in [0.1, 0.15) is 11.5 Å². The van der Waals surface area contributed by atoms with E-state index in [0.717, 1.165) is 37.2 Å². The Bertz CT molecular complexity index is 1980. The molecule has 1 nitrogen and oxygen atoms in total. The molecule has 280 valence electrons. The zero-order valence-electron chi connectivity index (χ0n) is 33.7. The zero-order valence-corrected chi connectivity index (χ0v) is 33.7. The van der Waals surface area contributed by atoms with Crippen molar-refractivity contribution < 1.29 is 4.74 Å². The Morgan fingerprint density at radius 3 is 0.818 bits per heavy atom. The molecule has 0 heterocycles. The van der Waals surface area contributed by atoms with Gasteiger partial charge in [-0.3, -0.25) is 0 Å². The maximum Gasteiger partial charge on any atom is 0.128 e. The molecule has 0 aliphatic rings. The summed E-state index contributed by atoms with van der Waals surface area (Å²) in [7, 11) is 0. The minimum atomic E-state index is 0.870. The third-order valence-electron chi connectivity index (χ3n) is 9.17. The molecule has 0 aliphatic carbocycles. The largest absolute Gasteiger partial charge is 0.457 e. The lowest BCUT2D eigenvalue weighted by Gasteiger charge is -2.09. The topological polar surface area (TPSA) is 9.23 Å². The molecule has 0 aromatic heterocycles. The van der Waals surface area contributed by atoms with E-state index < -0.39 is 0 Å². The maximum absolute atomic E-state index is 6.07. The standard InChI is InChI=1S/C22H18O.4C8H10/c1-15-3-5-17-7-9-21(13-19(17)11-15)23-22-10-8-18-6-4-16(2)12-20(18)14-22;4*1-2-8-6-4-3-5-7-8/h3-14H,1-2H3;4*3-7H,2H2,1H3. The molecule has 0 amide bonds. The second kappa shape index (κ2) is 23.7. The first-order chi connectivity index (χ1) is 26.9. The molecular formula is C54H58O. The van der Waals surface area contributed by atoms with Gasteiger partial charge in [-0.05, 0) is 108 Å². The van der Waals surface area contributed by atoms with Gasteiger partial charge in [0, 0.05) is 0 Å². The second-order valence-corrected chi connectivity index (χ2v) is 13.5. The third kappa shape index (κ3) is 15.2. The summed E-state index contributed by atoms with van der Waals surface area (Å²) in [6.45, 7) is 12.9. The summed E-state index contributed by atoms with van der Waals surface area (Å²) in [4.78, 5) is 0. The highest BCUT2D eigenvalue weighted by atomic mass is 16.5. The summed E-state index contributed by atoms with van der Waals surface area (Å²) in [6.07, 6.45) is 4.56. The molecule has 0 fully saturated rings. The Labute approximate surface area is 331 Å². The number of ether oxygens (including phenoxy) is 1. The smallest absolute Gasteiger partial charge is 0.128 e. The maximum atomic E-state index is 6.07. The summed E-state index contributed by atoms with van der Waals surface area (Å²) in [5.74, 6) is 1.74. The highest BCUT2D eigenvalue weighted by Crippen LogP contribution is 2.29. The molecule has 0 bridgehead atoms. The molecule has 55 heavy (non-hydrogen) atoms. The SMILES string of the molecule is CCc1ccccc1.CCc1ccccc1.CCc1ccccc1.CCc1ccccc1.Cc1ccc2ccc(Oc3ccc4ccc(C)cc4c3)cc2c1. The van der Waals surface area contributed by atoms with Crippen LogP contribution in [0.15, 0.2) is 194 Å². The van der Waals surface area contributed by atoms with Crippen molar-refractivity contribution >= 4 is 21.5 Å². The Morgan fingerprint density at radius 1 is 0.291 bits per heavy atom. The van der Waals surface area contributed by atoms with E-state index in [-0.39, 0.29) is 0 Å². The van der Waals surface area contributed by atoms with Gasteiger partial charge >= 0.3 is 0 Å². The monoisotopic (exact) mass is 722 g/mol. The molecule has 0 radical (unpaired) electrons. The van der Waals surface area contributed by atoms with Crippen LogP contribution in [0.3, 0.4) is 0 Å². The minimum Gasteiger partial charge on any atom is -0.457 e. The van der Waals surface area contributed by atoms with Crippen molar-refractivity contribution in [2.75, 3.05) is 0 Å². The molecule has 1 heteroatoms. The Balaban J connectivity index is 0.000000173. The fraction of sp³-hybridized carbons (Fsp3) is 0.185. The van der Waals surface area contributed by atoms with E-state index in [0.29, 0.717) is 0 Å². The van der Waals surface area contributed by atoms with E-state index in [4.69, 9.17) is 4.74 Å². The van der Waals surface area contributed by atoms with E-state index in [2.05, 4.69) is 199 Å².